The van der Waals surface area contributed by atoms with E-state index in [1.807, 2.05) is 0 Å². The van der Waals surface area contributed by atoms with E-state index in [0.29, 0.717) is 16.5 Å². The molecule has 19 heavy (non-hydrogen) atoms. The van der Waals surface area contributed by atoms with E-state index in [1.54, 1.807) is 30.3 Å². The van der Waals surface area contributed by atoms with Gasteiger partial charge in [0.05, 0.1) is 12.2 Å². The van der Waals surface area contributed by atoms with E-state index in [0.717, 1.165) is 5.56 Å². The average Bonchev–Trinajstić information content (AvgIpc) is 2.39. The summed E-state index contributed by atoms with van der Waals surface area (Å²) in [6.07, 6.45) is 0. The first kappa shape index (κ1) is 13.4. The molecule has 0 aliphatic carbocycles. The molecule has 0 aliphatic heterocycles. The second-order valence-electron chi connectivity index (χ2n) is 3.91. The molecule has 0 bridgehead atoms. The van der Waals surface area contributed by atoms with Crippen molar-refractivity contribution in [1.82, 2.24) is 0 Å². The van der Waals surface area contributed by atoms with Crippen molar-refractivity contribution in [3.8, 4) is 11.5 Å². The Morgan fingerprint density at radius 1 is 1.21 bits per heavy atom. The lowest BCUT2D eigenvalue weighted by Crippen LogP contribution is -2.12. The van der Waals surface area contributed by atoms with Crippen LogP contribution in [-0.2, 0) is 6.61 Å². The number of aliphatic hydroxyl groups is 1. The molecule has 0 spiro atoms. The molecule has 0 atom stereocenters. The van der Waals surface area contributed by atoms with Crippen LogP contribution in [0.5, 0.6) is 11.5 Å². The minimum atomic E-state index is -0.585. The Bertz CT molecular complexity index is 596. The number of ether oxygens (including phenoxy) is 1. The molecule has 0 heterocycles. The topological polar surface area (TPSA) is 72.6 Å². The van der Waals surface area contributed by atoms with E-state index in [9.17, 15) is 4.79 Å². The predicted octanol–water partition coefficient (Wildman–Crippen LogP) is 2.72. The number of carbonyl (C=O) groups excluding carboxylic acids is 1. The lowest BCUT2D eigenvalue weighted by Gasteiger charge is -2.10. The fourth-order valence-electron chi connectivity index (χ4n) is 1.57. The maximum Gasteiger partial charge on any atom is 0.252 e. The summed E-state index contributed by atoms with van der Waals surface area (Å²) in [6.45, 7) is -0.0377. The number of halogens is 1. The highest BCUT2D eigenvalue weighted by atomic mass is 35.5. The summed E-state index contributed by atoms with van der Waals surface area (Å²) < 4.78 is 5.58. The minimum Gasteiger partial charge on any atom is -0.456 e. The third kappa shape index (κ3) is 3.24. The summed E-state index contributed by atoms with van der Waals surface area (Å²) in [5.74, 6) is 0.248. The van der Waals surface area contributed by atoms with E-state index < -0.39 is 5.91 Å². The summed E-state index contributed by atoms with van der Waals surface area (Å²) in [5.41, 5.74) is 6.30. The van der Waals surface area contributed by atoms with Crippen molar-refractivity contribution in [1.29, 1.82) is 0 Å². The van der Waals surface area contributed by atoms with E-state index >= 15 is 0 Å². The Morgan fingerprint density at radius 3 is 2.47 bits per heavy atom. The van der Waals surface area contributed by atoms with Gasteiger partial charge in [0, 0.05) is 11.1 Å². The van der Waals surface area contributed by atoms with Crippen molar-refractivity contribution < 1.29 is 14.6 Å². The fraction of sp³-hybridized carbons (Fsp3) is 0.0714. The Kier molecular flexibility index (Phi) is 4.04. The van der Waals surface area contributed by atoms with E-state index in [1.165, 1.54) is 12.1 Å². The SMILES string of the molecule is NC(=O)c1ccc(Cl)cc1Oc1ccc(CO)cc1. The van der Waals surface area contributed by atoms with Crippen molar-refractivity contribution in [2.45, 2.75) is 6.61 Å². The number of carbonyl (C=O) groups is 1. The molecule has 0 radical (unpaired) electrons. The third-order valence-electron chi connectivity index (χ3n) is 2.54. The normalized spacial score (nSPS) is 10.2. The molecule has 0 aromatic heterocycles. The van der Waals surface area contributed by atoms with Crippen LogP contribution in [0.2, 0.25) is 5.02 Å². The van der Waals surface area contributed by atoms with Crippen molar-refractivity contribution >= 4 is 17.5 Å². The molecule has 0 unspecified atom stereocenters. The highest BCUT2D eigenvalue weighted by Crippen LogP contribution is 2.28. The quantitative estimate of drug-likeness (QED) is 0.902. The van der Waals surface area contributed by atoms with Crippen molar-refractivity contribution in [2.24, 2.45) is 5.73 Å². The van der Waals surface area contributed by atoms with Gasteiger partial charge in [-0.05, 0) is 29.8 Å². The van der Waals surface area contributed by atoms with Crippen LogP contribution in [0.4, 0.5) is 0 Å². The number of hydrogen-bond donors (Lipinski definition) is 2. The minimum absolute atomic E-state index is 0.0377. The molecule has 0 fully saturated rings. The van der Waals surface area contributed by atoms with Crippen LogP contribution in [0.25, 0.3) is 0 Å². The van der Waals surface area contributed by atoms with Gasteiger partial charge < -0.3 is 15.6 Å². The Labute approximate surface area is 115 Å². The first-order valence-corrected chi connectivity index (χ1v) is 5.95. The number of aliphatic hydroxyl groups excluding tert-OH is 1. The van der Waals surface area contributed by atoms with Crippen LogP contribution in [0.1, 0.15) is 15.9 Å². The lowest BCUT2D eigenvalue weighted by atomic mass is 10.2. The number of primary amides is 1. The van der Waals surface area contributed by atoms with Gasteiger partial charge in [-0.2, -0.15) is 0 Å². The van der Waals surface area contributed by atoms with Gasteiger partial charge in [-0.15, -0.1) is 0 Å². The number of amides is 1. The summed E-state index contributed by atoms with van der Waals surface area (Å²) in [5, 5.41) is 9.40. The van der Waals surface area contributed by atoms with Crippen molar-refractivity contribution in [3.63, 3.8) is 0 Å². The molecule has 5 heteroatoms. The molecule has 98 valence electrons. The second kappa shape index (κ2) is 5.73. The smallest absolute Gasteiger partial charge is 0.252 e. The largest absolute Gasteiger partial charge is 0.456 e. The van der Waals surface area contributed by atoms with E-state index in [2.05, 4.69) is 0 Å². The maximum atomic E-state index is 11.3. The van der Waals surface area contributed by atoms with Crippen molar-refractivity contribution in [2.75, 3.05) is 0 Å². The van der Waals surface area contributed by atoms with Crippen LogP contribution >= 0.6 is 11.6 Å². The molecule has 2 aromatic rings. The summed E-state index contributed by atoms with van der Waals surface area (Å²) in [4.78, 5) is 11.3. The van der Waals surface area contributed by atoms with E-state index in [4.69, 9.17) is 27.2 Å². The molecular formula is C14H12ClNO3. The zero-order valence-electron chi connectivity index (χ0n) is 9.97. The van der Waals surface area contributed by atoms with Gasteiger partial charge in [0.25, 0.3) is 5.91 Å². The molecule has 2 aromatic carbocycles. The van der Waals surface area contributed by atoms with Gasteiger partial charge in [0.2, 0.25) is 0 Å². The Hall–Kier alpha value is -2.04. The maximum absolute atomic E-state index is 11.3. The second-order valence-corrected chi connectivity index (χ2v) is 4.35. The predicted molar refractivity (Wildman–Crippen MR) is 72.4 cm³/mol. The highest BCUT2D eigenvalue weighted by Gasteiger charge is 2.11. The van der Waals surface area contributed by atoms with Crippen molar-refractivity contribution in [3.05, 3.63) is 58.6 Å². The molecule has 0 saturated heterocycles. The first-order valence-electron chi connectivity index (χ1n) is 5.57. The van der Waals surface area contributed by atoms with Crippen LogP contribution in [0.15, 0.2) is 42.5 Å². The van der Waals surface area contributed by atoms with Gasteiger partial charge in [-0.25, -0.2) is 0 Å². The van der Waals surface area contributed by atoms with E-state index in [-0.39, 0.29) is 12.2 Å². The Morgan fingerprint density at radius 2 is 1.89 bits per heavy atom. The molecule has 0 saturated carbocycles. The van der Waals surface area contributed by atoms with Gasteiger partial charge in [-0.1, -0.05) is 23.7 Å². The fourth-order valence-corrected chi connectivity index (χ4v) is 1.74. The first-order chi connectivity index (χ1) is 9.10. The lowest BCUT2D eigenvalue weighted by molar-refractivity contribution is 0.0998. The summed E-state index contributed by atoms with van der Waals surface area (Å²) in [7, 11) is 0. The standard InChI is InChI=1S/C14H12ClNO3/c15-10-3-6-12(14(16)18)13(7-10)19-11-4-1-9(8-17)2-5-11/h1-7,17H,8H2,(H2,16,18). The van der Waals surface area contributed by atoms with Gasteiger partial charge >= 0.3 is 0 Å². The van der Waals surface area contributed by atoms with Gasteiger partial charge in [0.15, 0.2) is 0 Å². The molecule has 4 nitrogen and oxygen atoms in total. The van der Waals surface area contributed by atoms with Gasteiger partial charge in [-0.3, -0.25) is 4.79 Å². The van der Waals surface area contributed by atoms with Crippen LogP contribution in [0.3, 0.4) is 0 Å². The zero-order valence-corrected chi connectivity index (χ0v) is 10.7. The van der Waals surface area contributed by atoms with Crippen LogP contribution < -0.4 is 10.5 Å². The number of rotatable bonds is 4. The van der Waals surface area contributed by atoms with Crippen LogP contribution in [-0.4, -0.2) is 11.0 Å². The zero-order chi connectivity index (χ0) is 13.8. The Balaban J connectivity index is 2.31. The van der Waals surface area contributed by atoms with Gasteiger partial charge in [0.1, 0.15) is 11.5 Å². The summed E-state index contributed by atoms with van der Waals surface area (Å²) in [6, 6.07) is 11.5. The molecule has 3 N–H and O–H groups in total. The average molecular weight is 278 g/mol. The summed E-state index contributed by atoms with van der Waals surface area (Å²) >= 11 is 5.87. The number of nitrogens with two attached hydrogens (primary N) is 1. The third-order valence-corrected chi connectivity index (χ3v) is 2.78. The van der Waals surface area contributed by atoms with Crippen LogP contribution in [0, 0.1) is 0 Å². The molecule has 0 aliphatic rings. The molecule has 1 amide bonds. The molecule has 2 rings (SSSR count). The molecular weight excluding hydrogens is 266 g/mol. The highest BCUT2D eigenvalue weighted by molar-refractivity contribution is 6.30. The monoisotopic (exact) mass is 277 g/mol. The number of benzene rings is 2. The number of hydrogen-bond acceptors (Lipinski definition) is 3.